The van der Waals surface area contributed by atoms with E-state index in [9.17, 15) is 14.7 Å². The number of benzene rings is 1. The van der Waals surface area contributed by atoms with Crippen molar-refractivity contribution in [2.45, 2.75) is 6.42 Å². The number of rotatable bonds is 2. The lowest BCUT2D eigenvalue weighted by Crippen LogP contribution is -2.36. The zero-order valence-corrected chi connectivity index (χ0v) is 13.1. The lowest BCUT2D eigenvalue weighted by atomic mass is 9.86. The number of likely N-dealkylation sites (N-methyl/N-ethyl adjacent to an activating group) is 1. The Balaban J connectivity index is 1.93. The van der Waals surface area contributed by atoms with Crippen LogP contribution in [0.25, 0.3) is 0 Å². The van der Waals surface area contributed by atoms with Gasteiger partial charge >= 0.3 is 0 Å². The molecule has 2 amide bonds. The largest absolute Gasteiger partial charge is 0.508 e. The van der Waals surface area contributed by atoms with E-state index < -0.39 is 5.92 Å². The summed E-state index contributed by atoms with van der Waals surface area (Å²) in [6.45, 7) is 0. The highest BCUT2D eigenvalue weighted by Crippen LogP contribution is 2.29. The third-order valence-corrected chi connectivity index (χ3v) is 3.79. The van der Waals surface area contributed by atoms with Crippen molar-refractivity contribution < 1.29 is 14.7 Å². The Kier molecular flexibility index (Phi) is 4.21. The minimum absolute atomic E-state index is 0.123. The molecule has 0 fully saturated rings. The summed E-state index contributed by atoms with van der Waals surface area (Å²) in [7, 11) is 1.61. The zero-order chi connectivity index (χ0) is 17.1. The molecule has 24 heavy (non-hydrogen) atoms. The first kappa shape index (κ1) is 15.6. The van der Waals surface area contributed by atoms with Crippen LogP contribution in [-0.4, -0.2) is 28.9 Å². The van der Waals surface area contributed by atoms with Crippen LogP contribution in [0.15, 0.2) is 59.8 Å². The van der Waals surface area contributed by atoms with Crippen LogP contribution in [0.4, 0.5) is 5.69 Å². The molecule has 0 radical (unpaired) electrons. The van der Waals surface area contributed by atoms with Crippen molar-refractivity contribution in [1.29, 1.82) is 0 Å². The molecule has 0 aromatic heterocycles. The highest BCUT2D eigenvalue weighted by molar-refractivity contribution is 6.09. The number of carbonyl (C=O) groups excluding carboxylic acids is 2. The fourth-order valence-corrected chi connectivity index (χ4v) is 2.56. The van der Waals surface area contributed by atoms with Gasteiger partial charge in [0.05, 0.1) is 11.5 Å². The summed E-state index contributed by atoms with van der Waals surface area (Å²) in [5.74, 6) is 5.08. The minimum atomic E-state index is -0.546. The molecule has 1 aliphatic heterocycles. The Hall–Kier alpha value is -3.26. The summed E-state index contributed by atoms with van der Waals surface area (Å²) in [5, 5.41) is 12.1. The summed E-state index contributed by atoms with van der Waals surface area (Å²) >= 11 is 0. The summed E-state index contributed by atoms with van der Waals surface area (Å²) in [4.78, 5) is 26.4. The van der Waals surface area contributed by atoms with Crippen LogP contribution in [-0.2, 0) is 9.59 Å². The van der Waals surface area contributed by atoms with Gasteiger partial charge < -0.3 is 15.3 Å². The van der Waals surface area contributed by atoms with Crippen molar-refractivity contribution in [2.75, 3.05) is 12.4 Å². The summed E-state index contributed by atoms with van der Waals surface area (Å²) in [6.07, 6.45) is 7.50. The second-order valence-corrected chi connectivity index (χ2v) is 5.51. The second-order valence-electron chi connectivity index (χ2n) is 5.51. The van der Waals surface area contributed by atoms with Crippen LogP contribution in [0.3, 0.4) is 0 Å². The average Bonchev–Trinajstić information content (AvgIpc) is 2.53. The minimum Gasteiger partial charge on any atom is -0.508 e. The Labute approximate surface area is 140 Å². The van der Waals surface area contributed by atoms with E-state index in [4.69, 9.17) is 0 Å². The van der Waals surface area contributed by atoms with E-state index in [-0.39, 0.29) is 17.6 Å². The molecule has 5 nitrogen and oxygen atoms in total. The van der Waals surface area contributed by atoms with Gasteiger partial charge in [-0.2, -0.15) is 0 Å². The summed E-state index contributed by atoms with van der Waals surface area (Å²) in [5.41, 5.74) is 1.46. The van der Waals surface area contributed by atoms with Gasteiger partial charge in [-0.15, -0.1) is 0 Å². The van der Waals surface area contributed by atoms with Crippen LogP contribution in [0.1, 0.15) is 6.42 Å². The number of hydrogen-bond acceptors (Lipinski definition) is 3. The van der Waals surface area contributed by atoms with E-state index in [1.807, 2.05) is 6.08 Å². The van der Waals surface area contributed by atoms with Gasteiger partial charge in [0.2, 0.25) is 0 Å². The number of anilines is 1. The van der Waals surface area contributed by atoms with Gasteiger partial charge in [0.15, 0.2) is 0 Å². The SMILES string of the molecule is CN1C=C(C(=O)Nc2ccc(O)cc2)C2C#CC/C=C\C=C/2C1=O. The normalized spacial score (nSPS) is 22.6. The molecule has 120 valence electrons. The van der Waals surface area contributed by atoms with Crippen molar-refractivity contribution in [2.24, 2.45) is 5.92 Å². The molecule has 2 aliphatic rings. The van der Waals surface area contributed by atoms with Crippen LogP contribution in [0.2, 0.25) is 0 Å². The Bertz CT molecular complexity index is 836. The van der Waals surface area contributed by atoms with Gasteiger partial charge in [0.1, 0.15) is 5.75 Å². The fourth-order valence-electron chi connectivity index (χ4n) is 2.56. The lowest BCUT2D eigenvalue weighted by Gasteiger charge is -2.27. The summed E-state index contributed by atoms with van der Waals surface area (Å²) in [6, 6.07) is 6.20. The topological polar surface area (TPSA) is 69.6 Å². The van der Waals surface area contributed by atoms with E-state index in [1.54, 1.807) is 31.3 Å². The number of aromatic hydroxyl groups is 1. The molecule has 3 rings (SSSR count). The third kappa shape index (κ3) is 3.08. The van der Waals surface area contributed by atoms with Gasteiger partial charge in [-0.1, -0.05) is 30.1 Å². The molecule has 1 aliphatic carbocycles. The number of hydrogen-bond donors (Lipinski definition) is 2. The molecule has 1 atom stereocenters. The van der Waals surface area contributed by atoms with Gasteiger partial charge in [0, 0.05) is 30.9 Å². The van der Waals surface area contributed by atoms with E-state index >= 15 is 0 Å². The van der Waals surface area contributed by atoms with Gasteiger partial charge in [0.25, 0.3) is 11.8 Å². The van der Waals surface area contributed by atoms with Crippen molar-refractivity contribution in [3.8, 4) is 17.6 Å². The van der Waals surface area contributed by atoms with Crippen molar-refractivity contribution in [3.05, 3.63) is 59.8 Å². The molecular weight excluding hydrogens is 304 g/mol. The molecule has 1 heterocycles. The molecule has 0 spiro atoms. The van der Waals surface area contributed by atoms with Gasteiger partial charge in [-0.05, 0) is 24.3 Å². The summed E-state index contributed by atoms with van der Waals surface area (Å²) < 4.78 is 0. The molecule has 1 aromatic carbocycles. The smallest absolute Gasteiger partial charge is 0.255 e. The number of phenolic OH excluding ortho intramolecular Hbond substituents is 1. The number of nitrogens with one attached hydrogen (secondary N) is 1. The van der Waals surface area contributed by atoms with Crippen molar-refractivity contribution in [1.82, 2.24) is 4.90 Å². The van der Waals surface area contributed by atoms with Crippen LogP contribution in [0.5, 0.6) is 5.75 Å². The molecule has 1 aromatic rings. The zero-order valence-electron chi connectivity index (χ0n) is 13.1. The number of carbonyl (C=O) groups is 2. The van der Waals surface area contributed by atoms with E-state index in [0.717, 1.165) is 0 Å². The Morgan fingerprint density at radius 1 is 1.33 bits per heavy atom. The molecule has 5 heteroatoms. The first-order valence-corrected chi connectivity index (χ1v) is 7.50. The molecule has 2 N–H and O–H groups in total. The van der Waals surface area contributed by atoms with Crippen molar-refractivity contribution >= 4 is 17.5 Å². The number of allylic oxidation sites excluding steroid dienone is 3. The highest BCUT2D eigenvalue weighted by atomic mass is 16.3. The average molecular weight is 320 g/mol. The second kappa shape index (κ2) is 6.47. The Morgan fingerprint density at radius 2 is 2.08 bits per heavy atom. The predicted molar refractivity (Wildman–Crippen MR) is 90.7 cm³/mol. The van der Waals surface area contributed by atoms with Gasteiger partial charge in [-0.25, -0.2) is 0 Å². The van der Waals surface area contributed by atoms with Crippen molar-refractivity contribution in [3.63, 3.8) is 0 Å². The van der Waals surface area contributed by atoms with E-state index in [1.165, 1.54) is 23.2 Å². The third-order valence-electron chi connectivity index (χ3n) is 3.79. The monoisotopic (exact) mass is 320 g/mol. The van der Waals surface area contributed by atoms with E-state index in [2.05, 4.69) is 17.2 Å². The molecule has 0 saturated carbocycles. The van der Waals surface area contributed by atoms with Crippen LogP contribution >= 0.6 is 0 Å². The standard InChI is InChI=1S/C19H16N2O3/c1-21-12-17(18(23)20-13-8-10-14(22)11-9-13)15-6-4-2-3-5-7-16(15)19(21)24/h3,5,7-12,15,22H,2H2,1H3,(H,20,23)/b5-3-,16-7+. The molecular formula is C19H16N2O3. The molecule has 0 bridgehead atoms. The number of amides is 2. The first-order valence-electron chi connectivity index (χ1n) is 7.50. The number of phenols is 1. The quantitative estimate of drug-likeness (QED) is 0.648. The lowest BCUT2D eigenvalue weighted by molar-refractivity contribution is -0.124. The van der Waals surface area contributed by atoms with Crippen LogP contribution < -0.4 is 5.32 Å². The van der Waals surface area contributed by atoms with Gasteiger partial charge in [-0.3, -0.25) is 9.59 Å². The number of nitrogens with zero attached hydrogens (tertiary/aromatic N) is 1. The first-order chi connectivity index (χ1) is 11.6. The number of fused-ring (bicyclic) bond motifs is 1. The highest BCUT2D eigenvalue weighted by Gasteiger charge is 2.33. The maximum Gasteiger partial charge on any atom is 0.255 e. The van der Waals surface area contributed by atoms with Crippen LogP contribution in [0, 0.1) is 17.8 Å². The predicted octanol–water partition coefficient (Wildman–Crippen LogP) is 2.19. The van der Waals surface area contributed by atoms with E-state index in [0.29, 0.717) is 23.3 Å². The maximum atomic E-state index is 12.7. The fraction of sp³-hybridized carbons (Fsp3) is 0.158. The molecule has 0 saturated heterocycles. The molecule has 1 unspecified atom stereocenters. The Morgan fingerprint density at radius 3 is 2.83 bits per heavy atom. The maximum absolute atomic E-state index is 12.7.